The second-order valence-electron chi connectivity index (χ2n) is 5.42. The lowest BCUT2D eigenvalue weighted by atomic mass is 9.96. The molecule has 19 heavy (non-hydrogen) atoms. The molecule has 2 aliphatic rings. The van der Waals surface area contributed by atoms with Crippen LogP contribution < -0.4 is 5.73 Å². The summed E-state index contributed by atoms with van der Waals surface area (Å²) in [6, 6.07) is 7.56. The molecule has 2 fully saturated rings. The molecule has 1 aliphatic heterocycles. The Labute approximate surface area is 112 Å². The third-order valence-corrected chi connectivity index (χ3v) is 4.05. The van der Waals surface area contributed by atoms with Crippen molar-refractivity contribution in [3.05, 3.63) is 29.8 Å². The van der Waals surface area contributed by atoms with E-state index in [1.807, 2.05) is 24.3 Å². The standard InChI is InChI=1S/C15H19NO3/c16-12-3-1-11(2-4-12)15(7-8-15)14(17)19-13-5-9-18-10-6-13/h1-4,13H,5-10,16H2. The third kappa shape index (κ3) is 2.45. The van der Waals surface area contributed by atoms with Gasteiger partial charge in [-0.05, 0) is 30.5 Å². The number of anilines is 1. The highest BCUT2D eigenvalue weighted by atomic mass is 16.6. The lowest BCUT2D eigenvalue weighted by molar-refractivity contribution is -0.156. The summed E-state index contributed by atoms with van der Waals surface area (Å²) in [6.07, 6.45) is 3.39. The number of carbonyl (C=O) groups is 1. The highest BCUT2D eigenvalue weighted by molar-refractivity contribution is 5.86. The zero-order chi connectivity index (χ0) is 13.3. The topological polar surface area (TPSA) is 61.6 Å². The van der Waals surface area contributed by atoms with Crippen molar-refractivity contribution in [3.63, 3.8) is 0 Å². The van der Waals surface area contributed by atoms with Gasteiger partial charge in [-0.3, -0.25) is 4.79 Å². The Bertz CT molecular complexity index is 459. The molecule has 2 N–H and O–H groups in total. The summed E-state index contributed by atoms with van der Waals surface area (Å²) in [5, 5.41) is 0. The number of benzene rings is 1. The van der Waals surface area contributed by atoms with Crippen molar-refractivity contribution in [3.8, 4) is 0 Å². The smallest absolute Gasteiger partial charge is 0.316 e. The Balaban J connectivity index is 1.70. The molecule has 0 unspecified atom stereocenters. The molecule has 0 atom stereocenters. The molecule has 4 nitrogen and oxygen atoms in total. The first-order valence-electron chi connectivity index (χ1n) is 6.85. The lowest BCUT2D eigenvalue weighted by Gasteiger charge is -2.25. The van der Waals surface area contributed by atoms with Crippen LogP contribution in [0.4, 0.5) is 5.69 Å². The van der Waals surface area contributed by atoms with Crippen molar-refractivity contribution < 1.29 is 14.3 Å². The maximum Gasteiger partial charge on any atom is 0.316 e. The van der Waals surface area contributed by atoms with Gasteiger partial charge >= 0.3 is 5.97 Å². The van der Waals surface area contributed by atoms with Crippen molar-refractivity contribution in [1.29, 1.82) is 0 Å². The number of nitrogens with two attached hydrogens (primary N) is 1. The summed E-state index contributed by atoms with van der Waals surface area (Å²) in [6.45, 7) is 1.37. The van der Waals surface area contributed by atoms with Gasteiger partial charge in [0, 0.05) is 18.5 Å². The van der Waals surface area contributed by atoms with Crippen LogP contribution in [-0.2, 0) is 19.7 Å². The fraction of sp³-hybridized carbons (Fsp3) is 0.533. The molecule has 1 saturated carbocycles. The van der Waals surface area contributed by atoms with Crippen LogP contribution in [-0.4, -0.2) is 25.3 Å². The number of esters is 1. The molecule has 0 bridgehead atoms. The molecular weight excluding hydrogens is 242 g/mol. The van der Waals surface area contributed by atoms with Gasteiger partial charge < -0.3 is 15.2 Å². The third-order valence-electron chi connectivity index (χ3n) is 4.05. The zero-order valence-electron chi connectivity index (χ0n) is 10.9. The van der Waals surface area contributed by atoms with Gasteiger partial charge in [-0.1, -0.05) is 12.1 Å². The minimum atomic E-state index is -0.411. The van der Waals surface area contributed by atoms with E-state index in [2.05, 4.69) is 0 Å². The Morgan fingerprint density at radius 3 is 2.42 bits per heavy atom. The summed E-state index contributed by atoms with van der Waals surface area (Å²) >= 11 is 0. The largest absolute Gasteiger partial charge is 0.462 e. The zero-order valence-corrected chi connectivity index (χ0v) is 10.9. The van der Waals surface area contributed by atoms with Crippen LogP contribution in [0.15, 0.2) is 24.3 Å². The van der Waals surface area contributed by atoms with E-state index >= 15 is 0 Å². The molecule has 1 aromatic rings. The number of hydrogen-bond acceptors (Lipinski definition) is 4. The number of carbonyl (C=O) groups excluding carboxylic acids is 1. The van der Waals surface area contributed by atoms with E-state index in [4.69, 9.17) is 15.2 Å². The number of ether oxygens (including phenoxy) is 2. The van der Waals surface area contributed by atoms with E-state index in [0.29, 0.717) is 13.2 Å². The van der Waals surface area contributed by atoms with E-state index in [9.17, 15) is 4.79 Å². The van der Waals surface area contributed by atoms with Crippen molar-refractivity contribution >= 4 is 11.7 Å². The predicted molar refractivity (Wildman–Crippen MR) is 71.7 cm³/mol. The molecule has 1 aromatic carbocycles. The van der Waals surface area contributed by atoms with Gasteiger partial charge in [-0.2, -0.15) is 0 Å². The molecule has 4 heteroatoms. The van der Waals surface area contributed by atoms with Crippen LogP contribution in [0.1, 0.15) is 31.2 Å². The van der Waals surface area contributed by atoms with Crippen LogP contribution in [0.2, 0.25) is 0 Å². The average molecular weight is 261 g/mol. The molecule has 102 valence electrons. The average Bonchev–Trinajstić information content (AvgIpc) is 3.22. The van der Waals surface area contributed by atoms with Crippen molar-refractivity contribution in [2.24, 2.45) is 0 Å². The number of nitrogen functional groups attached to an aromatic ring is 1. The van der Waals surface area contributed by atoms with Gasteiger partial charge in [0.25, 0.3) is 0 Å². The molecule has 0 spiro atoms. The van der Waals surface area contributed by atoms with E-state index in [1.165, 1.54) is 0 Å². The van der Waals surface area contributed by atoms with Crippen molar-refractivity contribution in [2.75, 3.05) is 18.9 Å². The van der Waals surface area contributed by atoms with Gasteiger partial charge in [-0.15, -0.1) is 0 Å². The van der Waals surface area contributed by atoms with Gasteiger partial charge in [0.1, 0.15) is 6.10 Å². The van der Waals surface area contributed by atoms with Crippen LogP contribution in [0.3, 0.4) is 0 Å². The monoisotopic (exact) mass is 261 g/mol. The molecule has 0 amide bonds. The van der Waals surface area contributed by atoms with E-state index in [0.717, 1.165) is 36.9 Å². The summed E-state index contributed by atoms with van der Waals surface area (Å²) < 4.78 is 10.9. The van der Waals surface area contributed by atoms with Crippen molar-refractivity contribution in [2.45, 2.75) is 37.2 Å². The van der Waals surface area contributed by atoms with Gasteiger partial charge in [0.15, 0.2) is 0 Å². The first-order valence-corrected chi connectivity index (χ1v) is 6.85. The molecule has 0 aromatic heterocycles. The summed E-state index contributed by atoms with van der Waals surface area (Å²) in [4.78, 5) is 12.4. The summed E-state index contributed by atoms with van der Waals surface area (Å²) in [5.41, 5.74) is 7.02. The van der Waals surface area contributed by atoms with Gasteiger partial charge in [0.05, 0.1) is 18.6 Å². The molecule has 1 heterocycles. The quantitative estimate of drug-likeness (QED) is 0.668. The highest BCUT2D eigenvalue weighted by Crippen LogP contribution is 2.49. The second kappa shape index (κ2) is 4.85. The van der Waals surface area contributed by atoms with Gasteiger partial charge in [0.2, 0.25) is 0 Å². The Kier molecular flexibility index (Phi) is 3.19. The fourth-order valence-corrected chi connectivity index (χ4v) is 2.60. The summed E-state index contributed by atoms with van der Waals surface area (Å²) in [7, 11) is 0. The second-order valence-corrected chi connectivity index (χ2v) is 5.42. The first kappa shape index (κ1) is 12.5. The highest BCUT2D eigenvalue weighted by Gasteiger charge is 2.53. The number of rotatable bonds is 3. The predicted octanol–water partition coefficient (Wildman–Crippen LogP) is 2.02. The van der Waals surface area contributed by atoms with E-state index in [-0.39, 0.29) is 12.1 Å². The Hall–Kier alpha value is -1.55. The number of hydrogen-bond donors (Lipinski definition) is 1. The molecule has 1 aliphatic carbocycles. The Morgan fingerprint density at radius 1 is 1.21 bits per heavy atom. The maximum absolute atomic E-state index is 12.4. The van der Waals surface area contributed by atoms with Crippen LogP contribution >= 0.6 is 0 Å². The molecule has 3 rings (SSSR count). The normalized spacial score (nSPS) is 21.9. The SMILES string of the molecule is Nc1ccc(C2(C(=O)OC3CCOCC3)CC2)cc1. The van der Waals surface area contributed by atoms with Crippen molar-refractivity contribution in [1.82, 2.24) is 0 Å². The fourth-order valence-electron chi connectivity index (χ4n) is 2.60. The minimum Gasteiger partial charge on any atom is -0.462 e. The molecule has 1 saturated heterocycles. The first-order chi connectivity index (χ1) is 9.21. The minimum absolute atomic E-state index is 0.0208. The van der Waals surface area contributed by atoms with Crippen LogP contribution in [0.25, 0.3) is 0 Å². The van der Waals surface area contributed by atoms with E-state index < -0.39 is 5.41 Å². The molecular formula is C15H19NO3. The maximum atomic E-state index is 12.4. The Morgan fingerprint density at radius 2 is 1.84 bits per heavy atom. The summed E-state index contributed by atoms with van der Waals surface area (Å²) in [5.74, 6) is -0.0795. The van der Waals surface area contributed by atoms with E-state index in [1.54, 1.807) is 0 Å². The van der Waals surface area contributed by atoms with Crippen LogP contribution in [0, 0.1) is 0 Å². The lowest BCUT2D eigenvalue weighted by Crippen LogP contribution is -2.31. The van der Waals surface area contributed by atoms with Gasteiger partial charge in [-0.25, -0.2) is 0 Å². The molecule has 0 radical (unpaired) electrons. The van der Waals surface area contributed by atoms with Crippen LogP contribution in [0.5, 0.6) is 0 Å².